The van der Waals surface area contributed by atoms with Crippen LogP contribution in [0.15, 0.2) is 134 Å². The lowest BCUT2D eigenvalue weighted by molar-refractivity contribution is -0.167. The number of rotatable bonds is 57. The first-order valence-electron chi connectivity index (χ1n) is 32.2. The van der Waals surface area contributed by atoms with Gasteiger partial charge in [0.1, 0.15) is 13.2 Å². The summed E-state index contributed by atoms with van der Waals surface area (Å²) in [4.78, 5) is 38.2. The van der Waals surface area contributed by atoms with Crippen molar-refractivity contribution in [3.63, 3.8) is 0 Å². The normalized spacial score (nSPS) is 13.0. The third-order valence-electron chi connectivity index (χ3n) is 13.4. The number of carbonyl (C=O) groups excluding carboxylic acids is 3. The Morgan fingerprint density at radius 2 is 0.500 bits per heavy atom. The Hall–Kier alpha value is -4.45. The monoisotopic (exact) mass is 1080 g/mol. The fourth-order valence-corrected chi connectivity index (χ4v) is 8.62. The van der Waals surface area contributed by atoms with E-state index >= 15 is 0 Å². The van der Waals surface area contributed by atoms with Gasteiger partial charge < -0.3 is 14.2 Å². The second-order valence-electron chi connectivity index (χ2n) is 20.9. The predicted octanol–water partition coefficient (Wildman–Crippen LogP) is 22.2. The van der Waals surface area contributed by atoms with Gasteiger partial charge in [0.05, 0.1) is 0 Å². The highest BCUT2D eigenvalue weighted by atomic mass is 16.6. The van der Waals surface area contributed by atoms with Crippen molar-refractivity contribution < 1.29 is 28.6 Å². The summed E-state index contributed by atoms with van der Waals surface area (Å²) in [6, 6.07) is 0. The van der Waals surface area contributed by atoms with Crippen molar-refractivity contribution in [1.29, 1.82) is 0 Å². The molecular weight excluding hydrogens is 961 g/mol. The number of allylic oxidation sites excluding steroid dienone is 22. The second-order valence-corrected chi connectivity index (χ2v) is 20.9. The van der Waals surface area contributed by atoms with E-state index in [0.29, 0.717) is 19.3 Å². The first-order chi connectivity index (χ1) is 38.5. The van der Waals surface area contributed by atoms with Gasteiger partial charge in [0.25, 0.3) is 0 Å². The lowest BCUT2D eigenvalue weighted by Gasteiger charge is -2.18. The molecule has 442 valence electrons. The Labute approximate surface area is 481 Å². The molecule has 0 aliphatic heterocycles. The molecule has 0 aromatic rings. The summed E-state index contributed by atoms with van der Waals surface area (Å²) in [6.45, 7) is 6.33. The maximum atomic E-state index is 12.9. The van der Waals surface area contributed by atoms with Gasteiger partial charge in [-0.15, -0.1) is 0 Å². The van der Waals surface area contributed by atoms with E-state index in [-0.39, 0.29) is 31.1 Å². The van der Waals surface area contributed by atoms with Crippen LogP contribution in [0, 0.1) is 0 Å². The summed E-state index contributed by atoms with van der Waals surface area (Å²) < 4.78 is 16.9. The van der Waals surface area contributed by atoms with E-state index in [0.717, 1.165) is 161 Å². The molecular formula is C72H118O6. The lowest BCUT2D eigenvalue weighted by Crippen LogP contribution is -2.30. The van der Waals surface area contributed by atoms with Crippen LogP contribution in [0.25, 0.3) is 0 Å². The van der Waals surface area contributed by atoms with Crippen molar-refractivity contribution in [2.75, 3.05) is 13.2 Å². The van der Waals surface area contributed by atoms with E-state index in [2.05, 4.69) is 154 Å². The number of hydrogen-bond acceptors (Lipinski definition) is 6. The molecule has 0 radical (unpaired) electrons. The highest BCUT2D eigenvalue weighted by Gasteiger charge is 2.19. The van der Waals surface area contributed by atoms with E-state index < -0.39 is 6.10 Å². The molecule has 1 unspecified atom stereocenters. The Morgan fingerprint density at radius 3 is 0.795 bits per heavy atom. The van der Waals surface area contributed by atoms with Crippen molar-refractivity contribution in [2.24, 2.45) is 0 Å². The minimum atomic E-state index is -0.796. The Balaban J connectivity index is 4.26. The Morgan fingerprint density at radius 1 is 0.269 bits per heavy atom. The predicted molar refractivity (Wildman–Crippen MR) is 339 cm³/mol. The standard InChI is InChI=1S/C72H118O6/c1-4-7-10-13-16-19-22-24-26-28-30-32-33-34-35-36-37-38-39-41-42-44-46-48-50-53-56-59-62-65-71(74)77-68-69(67-76-70(73)64-61-58-55-52-21-18-15-12-9-6-3)78-72(75)66-63-60-57-54-51-49-47-45-43-40-31-29-27-25-23-20-17-14-11-8-5-2/h7-8,10-12,15-17,19-20,24-27,30-32,34-35,40,45,47,69H,4-6,9,13-14,18,21-23,28-29,33,36-39,41-44,46,48-68H2,1-3H3/b10-7-,11-8-,15-12-,19-16-,20-17-,26-24-,27-25-,32-30-,35-34-,40-31-,47-45-. The maximum Gasteiger partial charge on any atom is 0.306 e. The molecule has 0 bridgehead atoms. The van der Waals surface area contributed by atoms with E-state index in [9.17, 15) is 14.4 Å². The molecule has 0 fully saturated rings. The number of hydrogen-bond donors (Lipinski definition) is 0. The molecule has 1 atom stereocenters. The van der Waals surface area contributed by atoms with Gasteiger partial charge in [0.15, 0.2) is 6.10 Å². The molecule has 6 nitrogen and oxygen atoms in total. The van der Waals surface area contributed by atoms with E-state index in [1.807, 2.05) is 0 Å². The number of unbranched alkanes of at least 4 members (excludes halogenated alkanes) is 24. The number of esters is 3. The quantitative estimate of drug-likeness (QED) is 0.0261. The average Bonchev–Trinajstić information content (AvgIpc) is 3.44. The maximum absolute atomic E-state index is 12.9. The zero-order valence-electron chi connectivity index (χ0n) is 50.6. The zero-order valence-corrected chi connectivity index (χ0v) is 50.6. The van der Waals surface area contributed by atoms with Gasteiger partial charge in [0, 0.05) is 19.3 Å². The van der Waals surface area contributed by atoms with Gasteiger partial charge in [0.2, 0.25) is 0 Å². The van der Waals surface area contributed by atoms with Crippen LogP contribution in [0.1, 0.15) is 284 Å². The number of carbonyl (C=O) groups is 3. The van der Waals surface area contributed by atoms with E-state index in [1.54, 1.807) is 0 Å². The molecule has 0 N–H and O–H groups in total. The van der Waals surface area contributed by atoms with Gasteiger partial charge in [-0.05, 0) is 128 Å². The van der Waals surface area contributed by atoms with Gasteiger partial charge in [-0.3, -0.25) is 14.4 Å². The van der Waals surface area contributed by atoms with Crippen molar-refractivity contribution in [3.05, 3.63) is 134 Å². The first kappa shape index (κ1) is 73.5. The van der Waals surface area contributed by atoms with Crippen LogP contribution in [-0.4, -0.2) is 37.2 Å². The van der Waals surface area contributed by atoms with E-state index in [4.69, 9.17) is 14.2 Å². The van der Waals surface area contributed by atoms with Crippen LogP contribution < -0.4 is 0 Å². The fourth-order valence-electron chi connectivity index (χ4n) is 8.62. The molecule has 0 spiro atoms. The third kappa shape index (κ3) is 62.4. The fraction of sp³-hybridized carbons (Fsp3) is 0.653. The van der Waals surface area contributed by atoms with Crippen molar-refractivity contribution in [1.82, 2.24) is 0 Å². The topological polar surface area (TPSA) is 78.9 Å². The van der Waals surface area contributed by atoms with Gasteiger partial charge in [-0.25, -0.2) is 0 Å². The van der Waals surface area contributed by atoms with Gasteiger partial charge >= 0.3 is 17.9 Å². The van der Waals surface area contributed by atoms with Crippen LogP contribution in [0.2, 0.25) is 0 Å². The SMILES string of the molecule is CC/C=C\C/C=C\C/C=C\C/C=C\C/C=C\CCCCCCCCCCCCCCCC(=O)OCC(COC(=O)CCCCCCC/C=C\CCC)OC(=O)CCCCCCC/C=C\C/C=C\C/C=C\C/C=C\C/C=C\CC. The zero-order chi connectivity index (χ0) is 56.4. The number of ether oxygens (including phenoxy) is 3. The molecule has 0 aromatic heterocycles. The van der Waals surface area contributed by atoms with Crippen LogP contribution in [0.3, 0.4) is 0 Å². The molecule has 0 saturated heterocycles. The summed E-state index contributed by atoms with van der Waals surface area (Å²) in [5.74, 6) is -0.921. The summed E-state index contributed by atoms with van der Waals surface area (Å²) >= 11 is 0. The van der Waals surface area contributed by atoms with Crippen molar-refractivity contribution in [3.8, 4) is 0 Å². The summed E-state index contributed by atoms with van der Waals surface area (Å²) in [7, 11) is 0. The summed E-state index contributed by atoms with van der Waals surface area (Å²) in [6.07, 6.45) is 91.8. The molecule has 6 heteroatoms. The Kier molecular flexibility index (Phi) is 61.4. The summed E-state index contributed by atoms with van der Waals surface area (Å²) in [5.41, 5.74) is 0. The van der Waals surface area contributed by atoms with Crippen LogP contribution in [0.5, 0.6) is 0 Å². The van der Waals surface area contributed by atoms with Crippen LogP contribution in [0.4, 0.5) is 0 Å². The summed E-state index contributed by atoms with van der Waals surface area (Å²) in [5, 5.41) is 0. The molecule has 0 heterocycles. The second kappa shape index (κ2) is 65.1. The molecule has 0 rings (SSSR count). The first-order valence-corrected chi connectivity index (χ1v) is 32.2. The van der Waals surface area contributed by atoms with Crippen molar-refractivity contribution in [2.45, 2.75) is 290 Å². The van der Waals surface area contributed by atoms with E-state index in [1.165, 1.54) is 83.5 Å². The van der Waals surface area contributed by atoms with Crippen LogP contribution in [-0.2, 0) is 28.6 Å². The largest absolute Gasteiger partial charge is 0.462 e. The average molecular weight is 1080 g/mol. The smallest absolute Gasteiger partial charge is 0.306 e. The molecule has 0 aliphatic carbocycles. The van der Waals surface area contributed by atoms with Gasteiger partial charge in [-0.1, -0.05) is 270 Å². The third-order valence-corrected chi connectivity index (χ3v) is 13.4. The molecule has 0 aliphatic rings. The minimum Gasteiger partial charge on any atom is -0.462 e. The molecule has 0 aromatic carbocycles. The molecule has 0 amide bonds. The van der Waals surface area contributed by atoms with Crippen LogP contribution >= 0.6 is 0 Å². The van der Waals surface area contributed by atoms with Gasteiger partial charge in [-0.2, -0.15) is 0 Å². The van der Waals surface area contributed by atoms with Crippen molar-refractivity contribution >= 4 is 17.9 Å². The molecule has 78 heavy (non-hydrogen) atoms. The minimum absolute atomic E-state index is 0.0918. The lowest BCUT2D eigenvalue weighted by atomic mass is 10.0. The highest BCUT2D eigenvalue weighted by Crippen LogP contribution is 2.16. The Bertz CT molecular complexity index is 1670. The molecule has 0 saturated carbocycles. The highest BCUT2D eigenvalue weighted by molar-refractivity contribution is 5.71.